The van der Waals surface area contributed by atoms with E-state index in [1.807, 2.05) is 39.0 Å². The van der Waals surface area contributed by atoms with Crippen molar-refractivity contribution in [3.05, 3.63) is 29.3 Å². The van der Waals surface area contributed by atoms with Gasteiger partial charge in [-0.1, -0.05) is 26.0 Å². The van der Waals surface area contributed by atoms with Gasteiger partial charge in [0.25, 0.3) is 5.91 Å². The maximum Gasteiger partial charge on any atom is 0.260 e. The zero-order chi connectivity index (χ0) is 14.6. The summed E-state index contributed by atoms with van der Waals surface area (Å²) >= 11 is 0. The van der Waals surface area contributed by atoms with Crippen molar-refractivity contribution in [2.45, 2.75) is 53.7 Å². The van der Waals surface area contributed by atoms with Gasteiger partial charge in [0.1, 0.15) is 5.75 Å². The van der Waals surface area contributed by atoms with E-state index in [4.69, 9.17) is 4.74 Å². The van der Waals surface area contributed by atoms with Gasteiger partial charge in [-0.05, 0) is 50.8 Å². The van der Waals surface area contributed by atoms with Crippen LogP contribution in [0.4, 0.5) is 0 Å². The molecule has 106 valence electrons. The second kappa shape index (κ2) is 6.60. The maximum absolute atomic E-state index is 12.0. The van der Waals surface area contributed by atoms with Crippen LogP contribution in [0.5, 0.6) is 5.75 Å². The summed E-state index contributed by atoms with van der Waals surface area (Å²) in [6, 6.07) is 6.03. The molecule has 0 aromatic heterocycles. The van der Waals surface area contributed by atoms with E-state index < -0.39 is 6.10 Å². The van der Waals surface area contributed by atoms with Gasteiger partial charge >= 0.3 is 0 Å². The lowest BCUT2D eigenvalue weighted by molar-refractivity contribution is -0.128. The molecule has 0 unspecified atom stereocenters. The van der Waals surface area contributed by atoms with Crippen LogP contribution in [0.25, 0.3) is 0 Å². The minimum Gasteiger partial charge on any atom is -0.481 e. The monoisotopic (exact) mass is 263 g/mol. The van der Waals surface area contributed by atoms with Crippen molar-refractivity contribution < 1.29 is 9.53 Å². The van der Waals surface area contributed by atoms with E-state index in [-0.39, 0.29) is 11.9 Å². The number of carbonyl (C=O) groups is 1. The largest absolute Gasteiger partial charge is 0.481 e. The van der Waals surface area contributed by atoms with Gasteiger partial charge in [0.05, 0.1) is 0 Å². The van der Waals surface area contributed by atoms with Crippen molar-refractivity contribution in [2.75, 3.05) is 0 Å². The normalized spacial score (nSPS) is 14.1. The summed E-state index contributed by atoms with van der Waals surface area (Å²) in [6.07, 6.45) is -0.485. The first-order chi connectivity index (χ1) is 8.82. The lowest BCUT2D eigenvalue weighted by Crippen LogP contribution is -2.43. The summed E-state index contributed by atoms with van der Waals surface area (Å²) in [5, 5.41) is 2.97. The van der Waals surface area contributed by atoms with E-state index in [9.17, 15) is 4.79 Å². The van der Waals surface area contributed by atoms with Gasteiger partial charge in [-0.2, -0.15) is 0 Å². The summed E-state index contributed by atoms with van der Waals surface area (Å²) in [4.78, 5) is 12.0. The van der Waals surface area contributed by atoms with Crippen molar-refractivity contribution in [2.24, 2.45) is 5.92 Å². The molecule has 1 N–H and O–H groups in total. The second-order valence-electron chi connectivity index (χ2n) is 5.50. The summed E-state index contributed by atoms with van der Waals surface area (Å²) in [5.41, 5.74) is 2.25. The second-order valence-corrected chi connectivity index (χ2v) is 5.50. The predicted molar refractivity (Wildman–Crippen MR) is 78.4 cm³/mol. The Morgan fingerprint density at radius 2 is 1.79 bits per heavy atom. The Morgan fingerprint density at radius 3 is 2.37 bits per heavy atom. The first-order valence-electron chi connectivity index (χ1n) is 6.86. The highest BCUT2D eigenvalue weighted by atomic mass is 16.5. The topological polar surface area (TPSA) is 38.3 Å². The standard InChI is InChI=1S/C16H25NO2/c1-10(2)13(5)17-16(18)14(6)19-15-9-7-8-11(3)12(15)4/h7-10,13-14H,1-6H3,(H,17,18)/t13-,14-/m1/s1. The first-order valence-corrected chi connectivity index (χ1v) is 6.86. The molecule has 1 aromatic rings. The van der Waals surface area contributed by atoms with Crippen LogP contribution in [0.1, 0.15) is 38.8 Å². The van der Waals surface area contributed by atoms with E-state index in [2.05, 4.69) is 19.2 Å². The molecule has 0 aliphatic rings. The number of nitrogens with one attached hydrogen (secondary N) is 1. The molecule has 0 aliphatic heterocycles. The lowest BCUT2D eigenvalue weighted by atomic mass is 10.1. The number of aryl methyl sites for hydroxylation is 1. The number of hydrogen-bond donors (Lipinski definition) is 1. The Bertz CT molecular complexity index is 440. The van der Waals surface area contributed by atoms with Crippen LogP contribution in [-0.4, -0.2) is 18.1 Å². The third kappa shape index (κ3) is 4.27. The average molecular weight is 263 g/mol. The lowest BCUT2D eigenvalue weighted by Gasteiger charge is -2.21. The van der Waals surface area contributed by atoms with Gasteiger partial charge in [0.15, 0.2) is 6.10 Å². The van der Waals surface area contributed by atoms with Crippen LogP contribution in [0, 0.1) is 19.8 Å². The van der Waals surface area contributed by atoms with Crippen molar-refractivity contribution in [1.29, 1.82) is 0 Å². The number of benzene rings is 1. The zero-order valence-electron chi connectivity index (χ0n) is 12.8. The fourth-order valence-electron chi connectivity index (χ4n) is 1.60. The summed E-state index contributed by atoms with van der Waals surface area (Å²) < 4.78 is 5.76. The molecule has 1 aromatic carbocycles. The van der Waals surface area contributed by atoms with E-state index in [1.165, 1.54) is 5.56 Å². The Balaban J connectivity index is 2.66. The highest BCUT2D eigenvalue weighted by Gasteiger charge is 2.19. The molecule has 0 aliphatic carbocycles. The molecule has 0 radical (unpaired) electrons. The molecule has 0 saturated heterocycles. The number of ether oxygens (including phenoxy) is 1. The predicted octanol–water partition coefficient (Wildman–Crippen LogP) is 3.23. The molecule has 19 heavy (non-hydrogen) atoms. The maximum atomic E-state index is 12.0. The highest BCUT2D eigenvalue weighted by Crippen LogP contribution is 2.21. The van der Waals surface area contributed by atoms with Crippen LogP contribution in [0.15, 0.2) is 18.2 Å². The summed E-state index contributed by atoms with van der Waals surface area (Å²) in [7, 11) is 0. The molecule has 0 fully saturated rings. The van der Waals surface area contributed by atoms with E-state index in [0.717, 1.165) is 11.3 Å². The fourth-order valence-corrected chi connectivity index (χ4v) is 1.60. The van der Waals surface area contributed by atoms with Crippen LogP contribution in [-0.2, 0) is 4.79 Å². The molecular formula is C16H25NO2. The first kappa shape index (κ1) is 15.5. The molecule has 1 amide bonds. The van der Waals surface area contributed by atoms with Crippen LogP contribution in [0.3, 0.4) is 0 Å². The van der Waals surface area contributed by atoms with Gasteiger partial charge in [0, 0.05) is 6.04 Å². The van der Waals surface area contributed by atoms with Gasteiger partial charge in [-0.25, -0.2) is 0 Å². The molecule has 3 nitrogen and oxygen atoms in total. The van der Waals surface area contributed by atoms with Crippen molar-refractivity contribution >= 4 is 5.91 Å². The smallest absolute Gasteiger partial charge is 0.260 e. The van der Waals surface area contributed by atoms with E-state index in [0.29, 0.717) is 5.92 Å². The quantitative estimate of drug-likeness (QED) is 0.885. The van der Waals surface area contributed by atoms with Crippen molar-refractivity contribution in [1.82, 2.24) is 5.32 Å². The Labute approximate surface area is 116 Å². The Kier molecular flexibility index (Phi) is 5.40. The van der Waals surface area contributed by atoms with Crippen LogP contribution >= 0.6 is 0 Å². The Morgan fingerprint density at radius 1 is 1.16 bits per heavy atom. The Hall–Kier alpha value is -1.51. The molecule has 0 bridgehead atoms. The third-order valence-electron chi connectivity index (χ3n) is 3.60. The molecule has 2 atom stereocenters. The summed E-state index contributed by atoms with van der Waals surface area (Å²) in [5.74, 6) is 1.12. The average Bonchev–Trinajstić information content (AvgIpc) is 2.34. The van der Waals surface area contributed by atoms with E-state index in [1.54, 1.807) is 6.92 Å². The SMILES string of the molecule is Cc1cccc(O[C@H](C)C(=O)N[C@H](C)C(C)C)c1C. The van der Waals surface area contributed by atoms with Gasteiger partial charge < -0.3 is 10.1 Å². The fraction of sp³-hybridized carbons (Fsp3) is 0.562. The number of carbonyl (C=O) groups excluding carboxylic acids is 1. The third-order valence-corrected chi connectivity index (χ3v) is 3.60. The van der Waals surface area contributed by atoms with Gasteiger partial charge in [0.2, 0.25) is 0 Å². The van der Waals surface area contributed by atoms with Crippen LogP contribution < -0.4 is 10.1 Å². The molecule has 0 saturated carbocycles. The van der Waals surface area contributed by atoms with Crippen molar-refractivity contribution in [3.8, 4) is 5.75 Å². The van der Waals surface area contributed by atoms with Crippen LogP contribution in [0.2, 0.25) is 0 Å². The zero-order valence-corrected chi connectivity index (χ0v) is 12.8. The van der Waals surface area contributed by atoms with Gasteiger partial charge in [-0.15, -0.1) is 0 Å². The molecule has 3 heteroatoms. The molecular weight excluding hydrogens is 238 g/mol. The molecule has 0 heterocycles. The molecule has 1 rings (SSSR count). The number of hydrogen-bond acceptors (Lipinski definition) is 2. The summed E-state index contributed by atoms with van der Waals surface area (Å²) in [6.45, 7) is 12.0. The minimum atomic E-state index is -0.485. The minimum absolute atomic E-state index is 0.0675. The van der Waals surface area contributed by atoms with E-state index >= 15 is 0 Å². The van der Waals surface area contributed by atoms with Gasteiger partial charge in [-0.3, -0.25) is 4.79 Å². The highest BCUT2D eigenvalue weighted by molar-refractivity contribution is 5.81. The number of amides is 1. The number of rotatable bonds is 5. The van der Waals surface area contributed by atoms with Crippen molar-refractivity contribution in [3.63, 3.8) is 0 Å². The molecule has 0 spiro atoms.